The van der Waals surface area contributed by atoms with Gasteiger partial charge < -0.3 is 14.4 Å². The van der Waals surface area contributed by atoms with Crippen molar-refractivity contribution in [3.8, 4) is 11.5 Å². The Hall–Kier alpha value is -2.99. The van der Waals surface area contributed by atoms with Crippen molar-refractivity contribution < 1.29 is 23.9 Å². The van der Waals surface area contributed by atoms with E-state index in [0.29, 0.717) is 30.5 Å². The van der Waals surface area contributed by atoms with Crippen LogP contribution >= 0.6 is 0 Å². The molecule has 0 aromatic heterocycles. The van der Waals surface area contributed by atoms with E-state index in [4.69, 9.17) is 9.47 Å². The highest BCUT2D eigenvalue weighted by Crippen LogP contribution is 2.24. The van der Waals surface area contributed by atoms with Crippen molar-refractivity contribution >= 4 is 17.3 Å². The molecule has 36 heavy (non-hydrogen) atoms. The molecule has 6 nitrogen and oxygen atoms in total. The van der Waals surface area contributed by atoms with Crippen LogP contribution in [-0.4, -0.2) is 56.1 Å². The summed E-state index contributed by atoms with van der Waals surface area (Å²) < 4.78 is 10.5. The maximum Gasteiger partial charge on any atom is 0.167 e. The minimum Gasteiger partial charge on any atom is -0.497 e. The largest absolute Gasteiger partial charge is 0.497 e. The predicted octanol–water partition coefficient (Wildman–Crippen LogP) is 5.70. The second kappa shape index (κ2) is 13.9. The fraction of sp³-hybridized carbons (Fsp3) is 0.500. The summed E-state index contributed by atoms with van der Waals surface area (Å²) in [5.74, 6) is 1.42. The number of ketones is 3. The molecule has 0 spiro atoms. The summed E-state index contributed by atoms with van der Waals surface area (Å²) in [5.41, 5.74) is 2.24. The molecule has 1 atom stereocenters. The van der Waals surface area contributed by atoms with Crippen LogP contribution in [0.4, 0.5) is 0 Å². The average Bonchev–Trinajstić information content (AvgIpc) is 3.40. The smallest absolute Gasteiger partial charge is 0.167 e. The van der Waals surface area contributed by atoms with E-state index in [2.05, 4.69) is 4.90 Å². The Morgan fingerprint density at radius 3 is 2.17 bits per heavy atom. The number of Topliss-reactive ketones (excluding diaryl/α,β-unsaturated/α-hetero) is 3. The van der Waals surface area contributed by atoms with Crippen LogP contribution in [-0.2, 0) is 4.79 Å². The van der Waals surface area contributed by atoms with Crippen molar-refractivity contribution in [2.75, 3.05) is 33.9 Å². The van der Waals surface area contributed by atoms with Crippen molar-refractivity contribution in [2.45, 2.75) is 58.3 Å². The third-order valence-corrected chi connectivity index (χ3v) is 6.97. The Bertz CT molecular complexity index is 1020. The number of hydrogen-bond donors (Lipinski definition) is 0. The first-order valence-corrected chi connectivity index (χ1v) is 13.0. The lowest BCUT2D eigenvalue weighted by Gasteiger charge is -2.22. The van der Waals surface area contributed by atoms with Crippen molar-refractivity contribution in [3.63, 3.8) is 0 Å². The Kier molecular flexibility index (Phi) is 10.7. The first kappa shape index (κ1) is 27.6. The third-order valence-electron chi connectivity index (χ3n) is 6.97. The number of nitrogens with zero attached hydrogens (tertiary/aromatic N) is 1. The van der Waals surface area contributed by atoms with Gasteiger partial charge in [-0.3, -0.25) is 14.4 Å². The van der Waals surface area contributed by atoms with E-state index in [0.717, 1.165) is 62.3 Å². The van der Waals surface area contributed by atoms with Gasteiger partial charge in [-0.05, 0) is 93.7 Å². The number of likely N-dealkylation sites (tertiary alicyclic amines) is 1. The van der Waals surface area contributed by atoms with Crippen LogP contribution in [0.3, 0.4) is 0 Å². The lowest BCUT2D eigenvalue weighted by atomic mass is 9.90. The van der Waals surface area contributed by atoms with Crippen molar-refractivity contribution in [2.24, 2.45) is 5.92 Å². The topological polar surface area (TPSA) is 72.9 Å². The third kappa shape index (κ3) is 8.02. The molecule has 1 saturated heterocycles. The molecular weight excluding hydrogens is 454 g/mol. The fourth-order valence-corrected chi connectivity index (χ4v) is 4.87. The number of carbonyl (C=O) groups excluding carboxylic acids is 3. The van der Waals surface area contributed by atoms with Crippen LogP contribution in [0.25, 0.3) is 0 Å². The van der Waals surface area contributed by atoms with E-state index in [1.165, 1.54) is 0 Å². The van der Waals surface area contributed by atoms with Gasteiger partial charge in [-0.2, -0.15) is 0 Å². The van der Waals surface area contributed by atoms with Gasteiger partial charge in [-0.15, -0.1) is 0 Å². The zero-order valence-electron chi connectivity index (χ0n) is 21.9. The summed E-state index contributed by atoms with van der Waals surface area (Å²) in [6, 6.07) is 12.6. The first-order valence-electron chi connectivity index (χ1n) is 13.0. The summed E-state index contributed by atoms with van der Waals surface area (Å²) in [5, 5.41) is 0. The lowest BCUT2D eigenvalue weighted by Crippen LogP contribution is -2.33. The van der Waals surface area contributed by atoms with Gasteiger partial charge in [0.1, 0.15) is 17.3 Å². The van der Waals surface area contributed by atoms with Crippen LogP contribution < -0.4 is 9.47 Å². The number of carbonyl (C=O) groups is 3. The van der Waals surface area contributed by atoms with Crippen LogP contribution in [0.5, 0.6) is 11.5 Å². The van der Waals surface area contributed by atoms with Crippen molar-refractivity contribution in [3.05, 3.63) is 59.2 Å². The molecule has 0 radical (unpaired) electrons. The Labute approximate surface area is 215 Å². The number of methoxy groups -OCH3 is 2. The molecule has 2 aromatic rings. The molecule has 6 heteroatoms. The summed E-state index contributed by atoms with van der Waals surface area (Å²) in [4.78, 5) is 40.9. The normalized spacial score (nSPS) is 14.4. The number of rotatable bonds is 15. The van der Waals surface area contributed by atoms with Gasteiger partial charge in [0.15, 0.2) is 11.6 Å². The van der Waals surface area contributed by atoms with E-state index in [-0.39, 0.29) is 29.7 Å². The molecule has 0 amide bonds. The molecule has 194 valence electrons. The molecule has 1 aliphatic heterocycles. The number of hydrogen-bond acceptors (Lipinski definition) is 6. The van der Waals surface area contributed by atoms with E-state index < -0.39 is 0 Å². The zero-order chi connectivity index (χ0) is 25.9. The highest BCUT2D eigenvalue weighted by Gasteiger charge is 2.27. The molecule has 3 rings (SSSR count). The van der Waals surface area contributed by atoms with Gasteiger partial charge in [0, 0.05) is 42.9 Å². The average molecular weight is 494 g/mol. The highest BCUT2D eigenvalue weighted by atomic mass is 16.5. The standard InChI is InChI=1S/C30H39NO5/c1-22-19-24(13-16-29(22)36-3)30(34)25(21-31-17-7-8-18-31)20-26(32)9-5-4-6-10-28(33)23-11-14-27(35-2)15-12-23/h11-16,19,25H,4-10,17-18,20-21H2,1-3H3/t25-/m1/s1. The fourth-order valence-electron chi connectivity index (χ4n) is 4.87. The first-order chi connectivity index (χ1) is 17.4. The Morgan fingerprint density at radius 2 is 1.53 bits per heavy atom. The number of benzene rings is 2. The number of ether oxygens (including phenoxy) is 2. The van der Waals surface area contributed by atoms with Gasteiger partial charge in [-0.1, -0.05) is 6.42 Å². The minimum absolute atomic E-state index is 0.0334. The molecular formula is C30H39NO5. The quantitative estimate of drug-likeness (QED) is 0.234. The summed E-state index contributed by atoms with van der Waals surface area (Å²) in [7, 11) is 3.22. The monoisotopic (exact) mass is 493 g/mol. The van der Waals surface area contributed by atoms with Gasteiger partial charge in [0.2, 0.25) is 0 Å². The lowest BCUT2D eigenvalue weighted by molar-refractivity contribution is -0.120. The molecule has 0 N–H and O–H groups in total. The molecule has 1 aliphatic rings. The molecule has 0 saturated carbocycles. The van der Waals surface area contributed by atoms with Crippen LogP contribution in [0, 0.1) is 12.8 Å². The number of aryl methyl sites for hydroxylation is 1. The highest BCUT2D eigenvalue weighted by molar-refractivity contribution is 6.00. The second-order valence-corrected chi connectivity index (χ2v) is 9.71. The Morgan fingerprint density at radius 1 is 0.861 bits per heavy atom. The zero-order valence-corrected chi connectivity index (χ0v) is 21.9. The summed E-state index contributed by atoms with van der Waals surface area (Å²) >= 11 is 0. The van der Waals surface area contributed by atoms with Crippen LogP contribution in [0.2, 0.25) is 0 Å². The van der Waals surface area contributed by atoms with Crippen LogP contribution in [0.1, 0.15) is 77.6 Å². The molecule has 1 heterocycles. The summed E-state index contributed by atoms with van der Waals surface area (Å²) in [6.07, 6.45) is 5.77. The van der Waals surface area contributed by atoms with Crippen molar-refractivity contribution in [1.29, 1.82) is 0 Å². The molecule has 2 aromatic carbocycles. The predicted molar refractivity (Wildman–Crippen MR) is 141 cm³/mol. The SMILES string of the molecule is COc1ccc(C(=O)CCCCCC(=O)C[C@H](CN2CCCC2)C(=O)c2ccc(OC)c(C)c2)cc1. The summed E-state index contributed by atoms with van der Waals surface area (Å²) in [6.45, 7) is 4.53. The molecule has 0 aliphatic carbocycles. The maximum atomic E-state index is 13.4. The maximum absolute atomic E-state index is 13.4. The van der Waals surface area contributed by atoms with Crippen LogP contribution in [0.15, 0.2) is 42.5 Å². The van der Waals surface area contributed by atoms with E-state index >= 15 is 0 Å². The van der Waals surface area contributed by atoms with Gasteiger partial charge in [0.25, 0.3) is 0 Å². The van der Waals surface area contributed by atoms with E-state index in [1.807, 2.05) is 19.1 Å². The van der Waals surface area contributed by atoms with Gasteiger partial charge in [-0.25, -0.2) is 0 Å². The van der Waals surface area contributed by atoms with Gasteiger partial charge in [0.05, 0.1) is 14.2 Å². The van der Waals surface area contributed by atoms with E-state index in [1.54, 1.807) is 44.6 Å². The Balaban J connectivity index is 1.48. The molecule has 1 fully saturated rings. The van der Waals surface area contributed by atoms with E-state index in [9.17, 15) is 14.4 Å². The molecule has 0 bridgehead atoms. The number of unbranched alkanes of at least 4 members (excludes halogenated alkanes) is 2. The van der Waals surface area contributed by atoms with Gasteiger partial charge >= 0.3 is 0 Å². The molecule has 0 unspecified atom stereocenters. The second-order valence-electron chi connectivity index (χ2n) is 9.71. The minimum atomic E-state index is -0.333. The van der Waals surface area contributed by atoms with Crippen molar-refractivity contribution in [1.82, 2.24) is 4.90 Å².